The second-order valence-electron chi connectivity index (χ2n) is 6.92. The maximum Gasteiger partial charge on any atom is 0.259 e. The second kappa shape index (κ2) is 7.68. The molecule has 1 aliphatic heterocycles. The standard InChI is InChI=1S/C21H27N3O2/c1-14-12-17(22)18(13-19(14)24-11-7-6-8-15(24)2)23-21(25)16-9-4-5-10-20(16)26-3/h4-5,9-10,12-13,15H,6-8,11,22H2,1-3H3,(H,23,25). The highest BCUT2D eigenvalue weighted by Gasteiger charge is 2.22. The van der Waals surface area contributed by atoms with Crippen LogP contribution in [0.25, 0.3) is 0 Å². The number of nitrogen functional groups attached to an aromatic ring is 1. The molecule has 5 heteroatoms. The molecule has 1 saturated heterocycles. The lowest BCUT2D eigenvalue weighted by Gasteiger charge is -2.36. The van der Waals surface area contributed by atoms with E-state index in [0.717, 1.165) is 17.8 Å². The van der Waals surface area contributed by atoms with E-state index in [1.165, 1.54) is 19.3 Å². The van der Waals surface area contributed by atoms with Crippen LogP contribution in [0, 0.1) is 6.92 Å². The average molecular weight is 353 g/mol. The van der Waals surface area contributed by atoms with Gasteiger partial charge in [-0.3, -0.25) is 4.79 Å². The molecule has 3 rings (SSSR count). The molecule has 0 aliphatic carbocycles. The molecular weight excluding hydrogens is 326 g/mol. The van der Waals surface area contributed by atoms with E-state index in [4.69, 9.17) is 10.5 Å². The molecule has 0 saturated carbocycles. The predicted octanol–water partition coefficient (Wildman–Crippen LogP) is 4.22. The number of para-hydroxylation sites is 1. The summed E-state index contributed by atoms with van der Waals surface area (Å²) in [5, 5.41) is 2.95. The van der Waals surface area contributed by atoms with E-state index in [9.17, 15) is 4.79 Å². The first-order chi connectivity index (χ1) is 12.5. The molecule has 26 heavy (non-hydrogen) atoms. The molecule has 138 valence electrons. The molecule has 1 atom stereocenters. The average Bonchev–Trinajstić information content (AvgIpc) is 2.64. The Labute approximate surface area is 155 Å². The largest absolute Gasteiger partial charge is 0.496 e. The highest BCUT2D eigenvalue weighted by atomic mass is 16.5. The minimum absolute atomic E-state index is 0.226. The first-order valence-corrected chi connectivity index (χ1v) is 9.12. The Kier molecular flexibility index (Phi) is 5.35. The molecule has 1 amide bonds. The van der Waals surface area contributed by atoms with Crippen LogP contribution in [0.15, 0.2) is 36.4 Å². The summed E-state index contributed by atoms with van der Waals surface area (Å²) >= 11 is 0. The first-order valence-electron chi connectivity index (χ1n) is 9.12. The van der Waals surface area contributed by atoms with Gasteiger partial charge in [0.1, 0.15) is 5.75 Å². The molecule has 3 N–H and O–H groups in total. The summed E-state index contributed by atoms with van der Waals surface area (Å²) in [5.74, 6) is 0.316. The van der Waals surface area contributed by atoms with Crippen LogP contribution in [0.3, 0.4) is 0 Å². The highest BCUT2D eigenvalue weighted by Crippen LogP contribution is 2.34. The van der Waals surface area contributed by atoms with Gasteiger partial charge in [0.25, 0.3) is 5.91 Å². The molecule has 1 unspecified atom stereocenters. The number of carbonyl (C=O) groups excluding carboxylic acids is 1. The van der Waals surface area contributed by atoms with Crippen molar-refractivity contribution >= 4 is 23.0 Å². The number of anilines is 3. The van der Waals surface area contributed by atoms with Crippen molar-refractivity contribution in [2.24, 2.45) is 0 Å². The van der Waals surface area contributed by atoms with E-state index in [1.54, 1.807) is 19.2 Å². The maximum absolute atomic E-state index is 12.7. The highest BCUT2D eigenvalue weighted by molar-refractivity contribution is 6.07. The summed E-state index contributed by atoms with van der Waals surface area (Å²) in [6, 6.07) is 11.6. The summed E-state index contributed by atoms with van der Waals surface area (Å²) in [6.07, 6.45) is 3.65. The number of aryl methyl sites for hydroxylation is 1. The van der Waals surface area contributed by atoms with Crippen molar-refractivity contribution in [3.8, 4) is 5.75 Å². The van der Waals surface area contributed by atoms with Crippen LogP contribution in [0.4, 0.5) is 17.1 Å². The van der Waals surface area contributed by atoms with Crippen molar-refractivity contribution < 1.29 is 9.53 Å². The van der Waals surface area contributed by atoms with Gasteiger partial charge in [0.2, 0.25) is 0 Å². The summed E-state index contributed by atoms with van der Waals surface area (Å²) < 4.78 is 5.29. The molecule has 5 nitrogen and oxygen atoms in total. The number of benzene rings is 2. The zero-order chi connectivity index (χ0) is 18.7. The molecule has 0 aromatic heterocycles. The number of amides is 1. The molecule has 0 radical (unpaired) electrons. The smallest absolute Gasteiger partial charge is 0.259 e. The van der Waals surface area contributed by atoms with Crippen LogP contribution in [0.1, 0.15) is 42.1 Å². The Morgan fingerprint density at radius 1 is 1.27 bits per heavy atom. The number of hydrogen-bond acceptors (Lipinski definition) is 4. The van der Waals surface area contributed by atoms with Crippen molar-refractivity contribution in [3.63, 3.8) is 0 Å². The van der Waals surface area contributed by atoms with Gasteiger partial charge in [-0.25, -0.2) is 0 Å². The number of hydrogen-bond donors (Lipinski definition) is 2. The van der Waals surface area contributed by atoms with Gasteiger partial charge < -0.3 is 20.7 Å². The Morgan fingerprint density at radius 3 is 2.77 bits per heavy atom. The van der Waals surface area contributed by atoms with Crippen LogP contribution in [0.5, 0.6) is 5.75 Å². The number of carbonyl (C=O) groups is 1. The first kappa shape index (κ1) is 18.1. The zero-order valence-corrected chi connectivity index (χ0v) is 15.7. The quantitative estimate of drug-likeness (QED) is 0.808. The van der Waals surface area contributed by atoms with E-state index in [-0.39, 0.29) is 5.91 Å². The topological polar surface area (TPSA) is 67.6 Å². The van der Waals surface area contributed by atoms with Gasteiger partial charge in [-0.1, -0.05) is 12.1 Å². The lowest BCUT2D eigenvalue weighted by atomic mass is 10.0. The summed E-state index contributed by atoms with van der Waals surface area (Å²) in [7, 11) is 1.56. The summed E-state index contributed by atoms with van der Waals surface area (Å²) in [5.41, 5.74) is 10.2. The molecule has 1 heterocycles. The van der Waals surface area contributed by atoms with E-state index < -0.39 is 0 Å². The fraction of sp³-hybridized carbons (Fsp3) is 0.381. The van der Waals surface area contributed by atoms with Crippen molar-refractivity contribution in [1.29, 1.82) is 0 Å². The fourth-order valence-electron chi connectivity index (χ4n) is 3.61. The van der Waals surface area contributed by atoms with E-state index >= 15 is 0 Å². The third-order valence-electron chi connectivity index (χ3n) is 5.08. The lowest BCUT2D eigenvalue weighted by Crippen LogP contribution is -2.37. The van der Waals surface area contributed by atoms with Crippen LogP contribution < -0.4 is 20.7 Å². The molecule has 1 aliphatic rings. The van der Waals surface area contributed by atoms with E-state index in [1.807, 2.05) is 24.3 Å². The minimum atomic E-state index is -0.226. The molecule has 1 fully saturated rings. The van der Waals surface area contributed by atoms with Gasteiger partial charge in [-0.2, -0.15) is 0 Å². The lowest BCUT2D eigenvalue weighted by molar-refractivity contribution is 0.102. The Balaban J connectivity index is 1.90. The van der Waals surface area contributed by atoms with Crippen LogP contribution in [-0.2, 0) is 0 Å². The normalized spacial score (nSPS) is 17.0. The number of ether oxygens (including phenoxy) is 1. The second-order valence-corrected chi connectivity index (χ2v) is 6.92. The Hall–Kier alpha value is -2.69. The SMILES string of the molecule is COc1ccccc1C(=O)Nc1cc(N2CCCCC2C)c(C)cc1N. The van der Waals surface area contributed by atoms with Crippen molar-refractivity contribution in [3.05, 3.63) is 47.5 Å². The number of nitrogens with zero attached hydrogens (tertiary/aromatic N) is 1. The van der Waals surface area contributed by atoms with Crippen LogP contribution in [-0.4, -0.2) is 25.6 Å². The zero-order valence-electron chi connectivity index (χ0n) is 15.7. The van der Waals surface area contributed by atoms with E-state index in [0.29, 0.717) is 28.7 Å². The van der Waals surface area contributed by atoms with Gasteiger partial charge in [-0.15, -0.1) is 0 Å². The Bertz CT molecular complexity index is 804. The monoisotopic (exact) mass is 353 g/mol. The minimum Gasteiger partial charge on any atom is -0.496 e. The van der Waals surface area contributed by atoms with Gasteiger partial charge >= 0.3 is 0 Å². The summed E-state index contributed by atoms with van der Waals surface area (Å²) in [6.45, 7) is 5.35. The number of methoxy groups -OCH3 is 1. The van der Waals surface area contributed by atoms with Crippen molar-refractivity contribution in [1.82, 2.24) is 0 Å². The van der Waals surface area contributed by atoms with Crippen LogP contribution in [0.2, 0.25) is 0 Å². The molecule has 0 bridgehead atoms. The fourth-order valence-corrected chi connectivity index (χ4v) is 3.61. The third-order valence-corrected chi connectivity index (χ3v) is 5.08. The third kappa shape index (κ3) is 3.62. The molecule has 0 spiro atoms. The number of nitrogens with two attached hydrogens (primary N) is 1. The van der Waals surface area contributed by atoms with Crippen molar-refractivity contribution in [2.45, 2.75) is 39.2 Å². The van der Waals surface area contributed by atoms with Crippen molar-refractivity contribution in [2.75, 3.05) is 29.6 Å². The predicted molar refractivity (Wildman–Crippen MR) is 107 cm³/mol. The maximum atomic E-state index is 12.7. The number of nitrogens with one attached hydrogen (secondary N) is 1. The molecule has 2 aromatic rings. The van der Waals surface area contributed by atoms with Gasteiger partial charge in [0.05, 0.1) is 24.0 Å². The van der Waals surface area contributed by atoms with Gasteiger partial charge in [-0.05, 0) is 62.9 Å². The number of piperidine rings is 1. The van der Waals surface area contributed by atoms with Gasteiger partial charge in [0, 0.05) is 18.3 Å². The Morgan fingerprint density at radius 2 is 2.04 bits per heavy atom. The summed E-state index contributed by atoms with van der Waals surface area (Å²) in [4.78, 5) is 15.1. The number of rotatable bonds is 4. The molecular formula is C21H27N3O2. The van der Waals surface area contributed by atoms with Crippen LogP contribution >= 0.6 is 0 Å². The van der Waals surface area contributed by atoms with Gasteiger partial charge in [0.15, 0.2) is 0 Å². The molecule has 2 aromatic carbocycles. The van der Waals surface area contributed by atoms with E-state index in [2.05, 4.69) is 24.1 Å².